The third-order valence-corrected chi connectivity index (χ3v) is 4.26. The number of rotatable bonds is 8. The summed E-state index contributed by atoms with van der Waals surface area (Å²) in [6, 6.07) is 9.93. The zero-order valence-corrected chi connectivity index (χ0v) is 12.7. The van der Waals surface area contributed by atoms with Crippen LogP contribution in [0.15, 0.2) is 30.3 Å². The number of phosphoric acid groups is 1. The zero-order valence-electron chi connectivity index (χ0n) is 11.8. The fourth-order valence-electron chi connectivity index (χ4n) is 1.91. The molecule has 0 aliphatic carbocycles. The number of benzene rings is 1. The second-order valence-corrected chi connectivity index (χ2v) is 6.36. The topological polar surface area (TPSA) is 55.8 Å². The molecule has 108 valence electrons. The molecule has 1 N–H and O–H groups in total. The first-order valence-electron chi connectivity index (χ1n) is 6.56. The fourth-order valence-corrected chi connectivity index (χ4v) is 2.39. The molecule has 0 aromatic heterocycles. The van der Waals surface area contributed by atoms with E-state index in [0.29, 0.717) is 5.92 Å². The molecule has 0 radical (unpaired) electrons. The van der Waals surface area contributed by atoms with Gasteiger partial charge >= 0.3 is 7.82 Å². The molecule has 1 aromatic rings. The van der Waals surface area contributed by atoms with E-state index in [1.807, 2.05) is 30.3 Å². The van der Waals surface area contributed by atoms with Crippen LogP contribution in [0.3, 0.4) is 0 Å². The average Bonchev–Trinajstić information content (AvgIpc) is 2.44. The Labute approximate surface area is 115 Å². The number of hydrogen-bond donors (Lipinski definition) is 1. The molecule has 0 aliphatic rings. The average molecular weight is 286 g/mol. The summed E-state index contributed by atoms with van der Waals surface area (Å²) in [5.41, 5.74) is 1.12. The van der Waals surface area contributed by atoms with Crippen LogP contribution in [0, 0.1) is 5.92 Å². The van der Waals surface area contributed by atoms with Crippen LogP contribution < -0.4 is 0 Å². The molecule has 0 amide bonds. The molecule has 0 heterocycles. The van der Waals surface area contributed by atoms with Crippen molar-refractivity contribution in [2.24, 2.45) is 5.92 Å². The predicted octanol–water partition coefficient (Wildman–Crippen LogP) is 3.97. The lowest BCUT2D eigenvalue weighted by molar-refractivity contribution is 0.159. The molecule has 0 saturated carbocycles. The van der Waals surface area contributed by atoms with E-state index in [4.69, 9.17) is 4.52 Å². The van der Waals surface area contributed by atoms with E-state index in [2.05, 4.69) is 18.4 Å². The maximum absolute atomic E-state index is 11.4. The Balaban J connectivity index is 2.73. The van der Waals surface area contributed by atoms with Gasteiger partial charge in [0.1, 0.15) is 0 Å². The molecule has 1 rings (SSSR count). The highest BCUT2D eigenvalue weighted by molar-refractivity contribution is 7.47. The van der Waals surface area contributed by atoms with Gasteiger partial charge < -0.3 is 4.89 Å². The molecule has 0 bridgehead atoms. The van der Waals surface area contributed by atoms with Crippen LogP contribution in [0.5, 0.6) is 0 Å². The highest BCUT2D eigenvalue weighted by Crippen LogP contribution is 2.43. The van der Waals surface area contributed by atoms with E-state index >= 15 is 0 Å². The Morgan fingerprint density at radius 2 is 1.95 bits per heavy atom. The van der Waals surface area contributed by atoms with Crippen molar-refractivity contribution in [3.05, 3.63) is 35.9 Å². The summed E-state index contributed by atoms with van der Waals surface area (Å²) in [7, 11) is -2.73. The Morgan fingerprint density at radius 1 is 1.32 bits per heavy atom. The minimum absolute atomic E-state index is 0.103. The Morgan fingerprint density at radius 3 is 2.47 bits per heavy atom. The largest absolute Gasteiger partial charge is 0.471 e. The van der Waals surface area contributed by atoms with Crippen LogP contribution in [0.2, 0.25) is 0 Å². The zero-order chi connectivity index (χ0) is 14.3. The van der Waals surface area contributed by atoms with Crippen LogP contribution in [0.4, 0.5) is 0 Å². The first-order valence-corrected chi connectivity index (χ1v) is 8.06. The van der Waals surface area contributed by atoms with Gasteiger partial charge in [0.2, 0.25) is 0 Å². The second kappa shape index (κ2) is 7.81. The first-order chi connectivity index (χ1) is 8.98. The number of hydrogen-bond acceptors (Lipinski definition) is 3. The predicted molar refractivity (Wildman–Crippen MR) is 76.0 cm³/mol. The molecule has 0 spiro atoms. The molecule has 1 aromatic carbocycles. The van der Waals surface area contributed by atoms with Crippen molar-refractivity contribution in [1.82, 2.24) is 0 Å². The molecule has 0 fully saturated rings. The van der Waals surface area contributed by atoms with E-state index < -0.39 is 7.82 Å². The van der Waals surface area contributed by atoms with Crippen molar-refractivity contribution in [3.8, 4) is 0 Å². The van der Waals surface area contributed by atoms with Gasteiger partial charge in [0.05, 0.1) is 6.61 Å². The lowest BCUT2D eigenvalue weighted by Crippen LogP contribution is -2.11. The van der Waals surface area contributed by atoms with Crippen molar-refractivity contribution in [2.45, 2.75) is 32.6 Å². The summed E-state index contributed by atoms with van der Waals surface area (Å²) in [5, 5.41) is 0. The highest BCUT2D eigenvalue weighted by Gasteiger charge is 2.23. The van der Waals surface area contributed by atoms with Crippen molar-refractivity contribution < 1.29 is 18.5 Å². The standard InChI is InChI=1S/C14H23O4P/c1-4-12(2)10-14(11-18-19(15,16)17-3)13-8-6-5-7-9-13/h5-9,12,14H,4,10-11H2,1-3H3,(H,15,16). The molecule has 0 saturated heterocycles. The molecule has 3 atom stereocenters. The highest BCUT2D eigenvalue weighted by atomic mass is 31.2. The number of phosphoric ester groups is 1. The lowest BCUT2D eigenvalue weighted by Gasteiger charge is -2.21. The van der Waals surface area contributed by atoms with Crippen molar-refractivity contribution >= 4 is 7.82 Å². The van der Waals surface area contributed by atoms with Crippen LogP contribution in [0.25, 0.3) is 0 Å². The van der Waals surface area contributed by atoms with Crippen LogP contribution in [-0.4, -0.2) is 18.6 Å². The third-order valence-electron chi connectivity index (χ3n) is 3.32. The molecule has 4 nitrogen and oxygen atoms in total. The van der Waals surface area contributed by atoms with Gasteiger partial charge in [0, 0.05) is 13.0 Å². The van der Waals surface area contributed by atoms with Gasteiger partial charge in [-0.2, -0.15) is 0 Å². The molecule has 5 heteroatoms. The Bertz CT molecular complexity index is 407. The van der Waals surface area contributed by atoms with Gasteiger partial charge in [-0.25, -0.2) is 4.57 Å². The maximum Gasteiger partial charge on any atom is 0.471 e. The quantitative estimate of drug-likeness (QED) is 0.735. The summed E-state index contributed by atoms with van der Waals surface area (Å²) in [5.74, 6) is 0.640. The SMILES string of the molecule is CCC(C)CC(COP(=O)(O)OC)c1ccccc1. The van der Waals surface area contributed by atoms with E-state index in [1.165, 1.54) is 7.11 Å². The van der Waals surface area contributed by atoms with Gasteiger partial charge in [-0.1, -0.05) is 50.6 Å². The van der Waals surface area contributed by atoms with Crippen molar-refractivity contribution in [2.75, 3.05) is 13.7 Å². The van der Waals surface area contributed by atoms with Gasteiger partial charge in [0.15, 0.2) is 0 Å². The molecular formula is C14H23O4P. The summed E-state index contributed by atoms with van der Waals surface area (Å²) in [6.07, 6.45) is 1.99. The van der Waals surface area contributed by atoms with Crippen LogP contribution in [0.1, 0.15) is 38.2 Å². The normalized spacial score (nSPS) is 17.7. The van der Waals surface area contributed by atoms with E-state index in [9.17, 15) is 9.46 Å². The summed E-state index contributed by atoms with van der Waals surface area (Å²) >= 11 is 0. The van der Waals surface area contributed by atoms with E-state index in [-0.39, 0.29) is 12.5 Å². The third kappa shape index (κ3) is 5.87. The molecule has 3 unspecified atom stereocenters. The summed E-state index contributed by atoms with van der Waals surface area (Å²) in [4.78, 5) is 9.32. The molecule has 19 heavy (non-hydrogen) atoms. The summed E-state index contributed by atoms with van der Waals surface area (Å²) < 4.78 is 20.9. The van der Waals surface area contributed by atoms with Crippen molar-refractivity contribution in [1.29, 1.82) is 0 Å². The Hall–Kier alpha value is -0.670. The van der Waals surface area contributed by atoms with Crippen molar-refractivity contribution in [3.63, 3.8) is 0 Å². The fraction of sp³-hybridized carbons (Fsp3) is 0.571. The van der Waals surface area contributed by atoms with Crippen LogP contribution >= 0.6 is 7.82 Å². The Kier molecular flexibility index (Phi) is 6.73. The monoisotopic (exact) mass is 286 g/mol. The molecule has 0 aliphatic heterocycles. The van der Waals surface area contributed by atoms with Crippen LogP contribution in [-0.2, 0) is 13.6 Å². The second-order valence-electron chi connectivity index (χ2n) is 4.80. The first kappa shape index (κ1) is 16.4. The van der Waals surface area contributed by atoms with Gasteiger partial charge in [-0.15, -0.1) is 0 Å². The van der Waals surface area contributed by atoms with E-state index in [0.717, 1.165) is 18.4 Å². The minimum Gasteiger partial charge on any atom is -0.303 e. The minimum atomic E-state index is -3.90. The molecular weight excluding hydrogens is 263 g/mol. The smallest absolute Gasteiger partial charge is 0.303 e. The maximum atomic E-state index is 11.4. The van der Waals surface area contributed by atoms with Gasteiger partial charge in [-0.3, -0.25) is 9.05 Å². The van der Waals surface area contributed by atoms with Gasteiger partial charge in [-0.05, 0) is 17.9 Å². The summed E-state index contributed by atoms with van der Waals surface area (Å²) in [6.45, 7) is 4.50. The van der Waals surface area contributed by atoms with Gasteiger partial charge in [0.25, 0.3) is 0 Å². The lowest BCUT2D eigenvalue weighted by atomic mass is 9.89. The van der Waals surface area contributed by atoms with E-state index in [1.54, 1.807) is 0 Å².